The van der Waals surface area contributed by atoms with Gasteiger partial charge >= 0.3 is 29.6 Å². The summed E-state index contributed by atoms with van der Waals surface area (Å²) in [6.07, 6.45) is 6.37. The second-order valence-corrected chi connectivity index (χ2v) is 4.43. The van der Waals surface area contributed by atoms with E-state index in [0.717, 1.165) is 6.54 Å². The number of hydrogen-bond donors (Lipinski definition) is 0. The van der Waals surface area contributed by atoms with E-state index in [1.807, 2.05) is 0 Å². The average molecular weight is 225 g/mol. The summed E-state index contributed by atoms with van der Waals surface area (Å²) in [7, 11) is 0. The van der Waals surface area contributed by atoms with E-state index in [9.17, 15) is 0 Å². The summed E-state index contributed by atoms with van der Waals surface area (Å²) in [5.41, 5.74) is 0. The van der Waals surface area contributed by atoms with Gasteiger partial charge in [0.15, 0.2) is 0 Å². The molecule has 1 fully saturated rings. The molecule has 1 aliphatic rings. The number of piperidine rings is 1. The molecule has 0 spiro atoms. The Bertz CT molecular complexity index is 162. The van der Waals surface area contributed by atoms with Crippen molar-refractivity contribution in [3.63, 3.8) is 0 Å². The van der Waals surface area contributed by atoms with Gasteiger partial charge in [-0.05, 0) is 25.7 Å². The second kappa shape index (κ2) is 7.41. The van der Waals surface area contributed by atoms with Gasteiger partial charge in [-0.25, -0.2) is 0 Å². The Kier molecular flexibility index (Phi) is 8.04. The maximum Gasteiger partial charge on any atom is 1.00 e. The van der Waals surface area contributed by atoms with Crippen LogP contribution in [0.4, 0.5) is 0 Å². The minimum atomic E-state index is 0. The molecule has 1 atom stereocenters. The van der Waals surface area contributed by atoms with Crippen LogP contribution in [-0.2, 0) is 12.6 Å². The van der Waals surface area contributed by atoms with Crippen LogP contribution in [-0.4, -0.2) is 21.8 Å². The number of rotatable bonds is 2. The molecule has 0 amide bonds. The summed E-state index contributed by atoms with van der Waals surface area (Å²) in [5.74, 6) is 0. The van der Waals surface area contributed by atoms with Gasteiger partial charge in [-0.15, -0.1) is 0 Å². The van der Waals surface area contributed by atoms with Crippen LogP contribution in [0.5, 0.6) is 0 Å². The van der Waals surface area contributed by atoms with Crippen molar-refractivity contribution in [3.8, 4) is 0 Å². The van der Waals surface area contributed by atoms with E-state index in [2.05, 4.69) is 11.8 Å². The molecule has 13 heavy (non-hydrogen) atoms. The number of thiocarbonyl (C=S) groups is 1. The molecule has 1 saturated heterocycles. The first-order chi connectivity index (χ1) is 5.75. The smallest absolute Gasteiger partial charge is 0.411 e. The SMILES string of the molecule is CCCC1CCCCN1C(=S)[S-].[Na+]. The molecule has 1 nitrogen and oxygen atoms in total. The van der Waals surface area contributed by atoms with E-state index >= 15 is 0 Å². The number of nitrogens with zero attached hydrogens (tertiary/aromatic N) is 1. The third kappa shape index (κ3) is 4.43. The fraction of sp³-hybridized carbons (Fsp3) is 0.889. The Morgan fingerprint density at radius 1 is 1.54 bits per heavy atom. The minimum absolute atomic E-state index is 0. The first-order valence-corrected chi connectivity index (χ1v) is 5.55. The van der Waals surface area contributed by atoms with E-state index in [-0.39, 0.29) is 29.6 Å². The van der Waals surface area contributed by atoms with Crippen molar-refractivity contribution < 1.29 is 29.6 Å². The van der Waals surface area contributed by atoms with E-state index in [1.54, 1.807) is 0 Å². The molecule has 70 valence electrons. The van der Waals surface area contributed by atoms with Crippen molar-refractivity contribution >= 4 is 29.2 Å². The average Bonchev–Trinajstić information content (AvgIpc) is 2.05. The first-order valence-electron chi connectivity index (χ1n) is 4.73. The van der Waals surface area contributed by atoms with Crippen molar-refractivity contribution in [1.29, 1.82) is 0 Å². The zero-order chi connectivity index (χ0) is 8.97. The fourth-order valence-corrected chi connectivity index (χ4v) is 2.35. The standard InChI is InChI=1S/C9H17NS2.Na/c1-2-5-8-6-3-4-7-10(8)9(11)12;/h8H,2-7H2,1H3,(H,11,12);/q;+1/p-1. The van der Waals surface area contributed by atoms with E-state index in [1.165, 1.54) is 32.1 Å². The topological polar surface area (TPSA) is 3.24 Å². The van der Waals surface area contributed by atoms with E-state index in [4.69, 9.17) is 24.8 Å². The summed E-state index contributed by atoms with van der Waals surface area (Å²) in [5, 5.41) is 0. The number of likely N-dealkylation sites (tertiary alicyclic amines) is 1. The molecule has 0 aromatic rings. The third-order valence-electron chi connectivity index (χ3n) is 2.48. The fourth-order valence-electron chi connectivity index (χ4n) is 1.87. The molecule has 0 N–H and O–H groups in total. The van der Waals surface area contributed by atoms with Crippen molar-refractivity contribution in [2.45, 2.75) is 45.1 Å². The Hall–Kier alpha value is 1.11. The maximum atomic E-state index is 5.05. The Morgan fingerprint density at radius 2 is 2.23 bits per heavy atom. The van der Waals surface area contributed by atoms with Crippen LogP contribution >= 0.6 is 12.2 Å². The van der Waals surface area contributed by atoms with Gasteiger partial charge in [0.25, 0.3) is 0 Å². The molecule has 1 rings (SSSR count). The molecular weight excluding hydrogens is 209 g/mol. The van der Waals surface area contributed by atoms with Gasteiger partial charge in [0.05, 0.1) is 0 Å². The molecular formula is C9H16NNaS2. The molecule has 0 radical (unpaired) electrons. The Balaban J connectivity index is 0.00000144. The Morgan fingerprint density at radius 3 is 2.77 bits per heavy atom. The molecule has 4 heteroatoms. The maximum absolute atomic E-state index is 5.05. The quantitative estimate of drug-likeness (QED) is 0.354. The molecule has 0 saturated carbocycles. The molecule has 1 aliphatic heterocycles. The van der Waals surface area contributed by atoms with Crippen LogP contribution < -0.4 is 29.6 Å². The van der Waals surface area contributed by atoms with Gasteiger partial charge in [0.1, 0.15) is 0 Å². The third-order valence-corrected chi connectivity index (χ3v) is 2.95. The largest absolute Gasteiger partial charge is 1.00 e. The summed E-state index contributed by atoms with van der Waals surface area (Å²) in [6, 6.07) is 0.647. The predicted octanol–water partition coefficient (Wildman–Crippen LogP) is -0.523. The van der Waals surface area contributed by atoms with Gasteiger partial charge in [-0.2, -0.15) is 0 Å². The van der Waals surface area contributed by atoms with Crippen molar-refractivity contribution in [2.24, 2.45) is 0 Å². The molecule has 1 heterocycles. The molecule has 0 bridgehead atoms. The minimum Gasteiger partial charge on any atom is -0.411 e. The summed E-state index contributed by atoms with van der Waals surface area (Å²) in [4.78, 5) is 2.23. The van der Waals surface area contributed by atoms with Crippen molar-refractivity contribution in [1.82, 2.24) is 4.90 Å². The van der Waals surface area contributed by atoms with Gasteiger partial charge in [0, 0.05) is 12.6 Å². The molecule has 0 aromatic carbocycles. The van der Waals surface area contributed by atoms with Crippen LogP contribution in [0.25, 0.3) is 0 Å². The molecule has 0 aromatic heterocycles. The zero-order valence-corrected chi connectivity index (χ0v) is 12.2. The van der Waals surface area contributed by atoms with Crippen molar-refractivity contribution in [2.75, 3.05) is 6.54 Å². The van der Waals surface area contributed by atoms with Gasteiger partial charge in [-0.1, -0.05) is 17.7 Å². The van der Waals surface area contributed by atoms with Crippen LogP contribution in [0.2, 0.25) is 0 Å². The summed E-state index contributed by atoms with van der Waals surface area (Å²) in [6.45, 7) is 3.31. The second-order valence-electron chi connectivity index (χ2n) is 3.40. The summed E-state index contributed by atoms with van der Waals surface area (Å²) < 4.78 is 0.674. The van der Waals surface area contributed by atoms with Gasteiger partial charge < -0.3 is 29.7 Å². The van der Waals surface area contributed by atoms with Crippen LogP contribution in [0.3, 0.4) is 0 Å². The predicted molar refractivity (Wildman–Crippen MR) is 59.2 cm³/mol. The summed E-state index contributed by atoms with van der Waals surface area (Å²) >= 11 is 10.1. The van der Waals surface area contributed by atoms with Gasteiger partial charge in [0.2, 0.25) is 0 Å². The van der Waals surface area contributed by atoms with E-state index < -0.39 is 0 Å². The van der Waals surface area contributed by atoms with Crippen LogP contribution in [0.15, 0.2) is 0 Å². The first kappa shape index (κ1) is 14.1. The molecule has 0 aliphatic carbocycles. The van der Waals surface area contributed by atoms with Crippen LogP contribution in [0.1, 0.15) is 39.0 Å². The zero-order valence-electron chi connectivity index (χ0n) is 8.58. The van der Waals surface area contributed by atoms with E-state index in [0.29, 0.717) is 10.4 Å². The normalized spacial score (nSPS) is 22.2. The molecule has 1 unspecified atom stereocenters. The van der Waals surface area contributed by atoms with Gasteiger partial charge in [-0.3, -0.25) is 0 Å². The Labute approximate surface area is 114 Å². The van der Waals surface area contributed by atoms with Crippen molar-refractivity contribution in [3.05, 3.63) is 0 Å². The monoisotopic (exact) mass is 225 g/mol. The van der Waals surface area contributed by atoms with Crippen LogP contribution in [0, 0.1) is 0 Å². The number of hydrogen-bond acceptors (Lipinski definition) is 2.